The number of hydrogen-bond acceptors (Lipinski definition) is 22. The topological polar surface area (TPSA) is 140 Å². The van der Waals surface area contributed by atoms with Crippen molar-refractivity contribution in [2.45, 2.75) is 54.7 Å². The van der Waals surface area contributed by atoms with Crippen molar-refractivity contribution in [3.63, 3.8) is 0 Å². The maximum absolute atomic E-state index is 16.3. The van der Waals surface area contributed by atoms with Gasteiger partial charge < -0.3 is 0 Å². The molecule has 0 saturated carbocycles. The number of phosphoric acid groups is 1. The lowest BCUT2D eigenvalue weighted by molar-refractivity contribution is -0.00990. The molecule has 3 aliphatic rings. The first-order valence-electron chi connectivity index (χ1n) is 28.0. The highest BCUT2D eigenvalue weighted by Crippen LogP contribution is 2.78. The van der Waals surface area contributed by atoms with E-state index >= 15 is 4.57 Å². The van der Waals surface area contributed by atoms with E-state index in [9.17, 15) is 0 Å². The summed E-state index contributed by atoms with van der Waals surface area (Å²) in [6, 6.07) is 0. The molecular weight excluding hydrogens is 1150 g/mol. The van der Waals surface area contributed by atoms with Crippen molar-refractivity contribution in [2.24, 2.45) is 13.5 Å². The molecular formula is C48H120N21O4P7. The predicted molar refractivity (Wildman–Crippen MR) is 351 cm³/mol. The summed E-state index contributed by atoms with van der Waals surface area (Å²) in [7, 11) is 44.5. The number of nitrogens with zero attached hydrogens (tertiary/aromatic N) is 21. The van der Waals surface area contributed by atoms with E-state index in [-0.39, 0.29) is 0 Å². The molecule has 0 aliphatic carbocycles. The van der Waals surface area contributed by atoms with Crippen molar-refractivity contribution in [1.29, 1.82) is 0 Å². The summed E-state index contributed by atoms with van der Waals surface area (Å²) in [5.74, 6) is 0. The van der Waals surface area contributed by atoms with Crippen LogP contribution in [0.4, 0.5) is 0 Å². The van der Waals surface area contributed by atoms with Crippen molar-refractivity contribution in [2.75, 3.05) is 269 Å². The van der Waals surface area contributed by atoms with Crippen molar-refractivity contribution < 1.29 is 17.5 Å². The molecule has 32 heteroatoms. The normalized spacial score (nSPS) is 24.8. The van der Waals surface area contributed by atoms with Crippen LogP contribution in [0.3, 0.4) is 0 Å². The van der Waals surface area contributed by atoms with Crippen molar-refractivity contribution in [1.82, 2.24) is 87.5 Å². The highest BCUT2D eigenvalue weighted by atomic mass is 31.3. The van der Waals surface area contributed by atoms with Gasteiger partial charge in [-0.3, -0.25) is 87.5 Å². The molecule has 3 heterocycles. The Morgan fingerprint density at radius 3 is 0.662 bits per heavy atom. The van der Waals surface area contributed by atoms with Gasteiger partial charge in [0.05, 0.1) is 81.6 Å². The van der Waals surface area contributed by atoms with E-state index in [0.29, 0.717) is 20.0 Å². The monoisotopic (exact) mass is 1270 g/mol. The molecule has 0 aromatic carbocycles. The third-order valence-corrected chi connectivity index (χ3v) is 36.9. The fourth-order valence-electron chi connectivity index (χ4n) is 13.5. The minimum atomic E-state index is -4.46. The first-order chi connectivity index (χ1) is 37.0. The molecule has 6 atom stereocenters. The Hall–Kier alpha value is 1.37. The van der Waals surface area contributed by atoms with Crippen LogP contribution >= 0.6 is 56.3 Å². The zero-order chi connectivity index (χ0) is 61.0. The molecule has 3 saturated heterocycles. The molecule has 25 nitrogen and oxygen atoms in total. The average molecular weight is 1270 g/mol. The van der Waals surface area contributed by atoms with Crippen LogP contribution in [-0.4, -0.2) is 373 Å². The lowest BCUT2D eigenvalue weighted by Gasteiger charge is -2.55. The minimum absolute atomic E-state index is 0.462. The van der Waals surface area contributed by atoms with Crippen LogP contribution in [0.25, 0.3) is 0 Å². The molecule has 0 spiro atoms. The van der Waals surface area contributed by atoms with Gasteiger partial charge in [-0.25, -0.2) is 31.0 Å². The van der Waals surface area contributed by atoms with Crippen molar-refractivity contribution in [3.8, 4) is 0 Å². The summed E-state index contributed by atoms with van der Waals surface area (Å²) in [4.78, 5) is 35.0. The second-order valence-electron chi connectivity index (χ2n) is 25.4. The molecule has 80 heavy (non-hydrogen) atoms. The van der Waals surface area contributed by atoms with Crippen molar-refractivity contribution in [3.05, 3.63) is 0 Å². The summed E-state index contributed by atoms with van der Waals surface area (Å²) in [5.41, 5.74) is 0. The lowest BCUT2D eigenvalue weighted by Crippen LogP contribution is -2.61. The Morgan fingerprint density at radius 1 is 0.325 bits per heavy atom. The summed E-state index contributed by atoms with van der Waals surface area (Å²) in [6.45, 7) is 6.46. The summed E-state index contributed by atoms with van der Waals surface area (Å²) < 4.78 is 61.7. The molecule has 0 aromatic rings. The van der Waals surface area contributed by atoms with E-state index in [4.69, 9.17) is 26.5 Å². The van der Waals surface area contributed by atoms with Crippen molar-refractivity contribution >= 4 is 56.3 Å². The third-order valence-electron chi connectivity index (χ3n) is 15.5. The van der Waals surface area contributed by atoms with Gasteiger partial charge in [-0.15, -0.1) is 0 Å². The zero-order valence-corrected chi connectivity index (χ0v) is 62.1. The smallest absolute Gasteiger partial charge is 0.297 e. The molecule has 0 amide bonds. The van der Waals surface area contributed by atoms with E-state index in [0.717, 1.165) is 97.0 Å². The fraction of sp³-hybridized carbons (Fsp3) is 1.00. The van der Waals surface area contributed by atoms with Crippen LogP contribution in [0.5, 0.6) is 0 Å². The molecule has 0 N–H and O–H groups in total. The van der Waals surface area contributed by atoms with Crippen LogP contribution in [0.15, 0.2) is 13.5 Å². The summed E-state index contributed by atoms with van der Waals surface area (Å²) in [6.07, 6.45) is 8.35. The Labute approximate surface area is 496 Å². The zero-order valence-electron chi connectivity index (χ0n) is 55.5. The standard InChI is InChI=1S/C48H120N21O4P7/c1-52(2)37-61(19)46(62(20)38-53(3)4)31-28-34-77(46,67(25)43-58(13)14)49-74-71-80(70,72-75-50-78(68(26)44-59(15)16)35-29-32-47(78,63(21)39-54(5)6)64(22)40-55(7)8)73-76-51-79(69(27)45-60(17)18)36-30-33-48(79,65(23)41-56(9)10)66(24)42-57(11)12/h74-76H,28-45H2,1-27H3. The van der Waals surface area contributed by atoms with Gasteiger partial charge >= 0.3 is 7.82 Å². The SMILES string of the molecule is CN(C)CN(C)C1(N(C)CN(C)C)CCCP1(=NPOP(=O)(OPN=P1(N(C)CN(C)C)CCCC1(N(C)CN(C)C)N(C)CN(C)C)OPN=P1(N(C)CN(C)C)CCCC1(N(C)CN(C)C)N(C)CN(C)C)N(C)CN(C)C. The molecule has 0 aromatic heterocycles. The van der Waals surface area contributed by atoms with Crippen LogP contribution in [0.1, 0.15) is 38.5 Å². The third kappa shape index (κ3) is 17.6. The Kier molecular flexibility index (Phi) is 30.9. The van der Waals surface area contributed by atoms with Crippen LogP contribution in [-0.2, 0) is 17.5 Å². The van der Waals surface area contributed by atoms with Gasteiger partial charge in [0, 0.05) is 0 Å². The van der Waals surface area contributed by atoms with Gasteiger partial charge in [0.15, 0.2) is 0 Å². The second kappa shape index (κ2) is 32.7. The van der Waals surface area contributed by atoms with Crippen LogP contribution in [0, 0.1) is 0 Å². The largest absolute Gasteiger partial charge is 0.488 e. The highest BCUT2D eigenvalue weighted by Gasteiger charge is 2.60. The van der Waals surface area contributed by atoms with Gasteiger partial charge in [0.2, 0.25) is 0 Å². The first-order valence-corrected chi connectivity index (χ1v) is 37.7. The van der Waals surface area contributed by atoms with E-state index in [2.05, 4.69) is 278 Å². The summed E-state index contributed by atoms with van der Waals surface area (Å²) in [5, 5.41) is -1.39. The molecule has 6 unspecified atom stereocenters. The fourth-order valence-corrected chi connectivity index (χ4v) is 36.3. The highest BCUT2D eigenvalue weighted by molar-refractivity contribution is 7.74. The molecule has 476 valence electrons. The van der Waals surface area contributed by atoms with E-state index < -0.39 is 72.5 Å². The average Bonchev–Trinajstić information content (AvgIpc) is 4.02. The van der Waals surface area contributed by atoms with Gasteiger partial charge in [-0.2, -0.15) is 0 Å². The maximum Gasteiger partial charge on any atom is 0.488 e. The molecule has 3 rings (SSSR count). The van der Waals surface area contributed by atoms with Gasteiger partial charge in [0.1, 0.15) is 43.1 Å². The van der Waals surface area contributed by atoms with Gasteiger partial charge in [-0.1, -0.05) is 0 Å². The Balaban J connectivity index is 2.49. The maximum atomic E-state index is 16.3. The van der Waals surface area contributed by atoms with E-state index in [1.54, 1.807) is 0 Å². The van der Waals surface area contributed by atoms with Crippen LogP contribution < -0.4 is 0 Å². The summed E-state index contributed by atoms with van der Waals surface area (Å²) >= 11 is 0. The number of hydrogen-bond donors (Lipinski definition) is 0. The van der Waals surface area contributed by atoms with E-state index in [1.807, 2.05) is 0 Å². The van der Waals surface area contributed by atoms with Gasteiger partial charge in [0.25, 0.3) is 0 Å². The predicted octanol–water partition coefficient (Wildman–Crippen LogP) is 6.42. The molecule has 0 bridgehead atoms. The molecule has 3 fully saturated rings. The molecule has 3 aliphatic heterocycles. The van der Waals surface area contributed by atoms with Crippen LogP contribution in [0.2, 0.25) is 0 Å². The van der Waals surface area contributed by atoms with E-state index in [1.165, 1.54) is 0 Å². The number of rotatable bonds is 36. The quantitative estimate of drug-likeness (QED) is 0.0503. The lowest BCUT2D eigenvalue weighted by atomic mass is 10.2. The Bertz CT molecular complexity index is 1820. The Morgan fingerprint density at radius 2 is 0.500 bits per heavy atom. The first kappa shape index (κ1) is 75.6. The minimum Gasteiger partial charge on any atom is -0.297 e. The second-order valence-corrected chi connectivity index (χ2v) is 41.4. The van der Waals surface area contributed by atoms with Gasteiger partial charge in [-0.05, 0) is 247 Å². The molecule has 0 radical (unpaired) electrons.